The van der Waals surface area contributed by atoms with Crippen LogP contribution in [0, 0.1) is 0 Å². The second-order valence-electron chi connectivity index (χ2n) is 9.71. The summed E-state index contributed by atoms with van der Waals surface area (Å²) in [5.74, 6) is 0.386. The summed E-state index contributed by atoms with van der Waals surface area (Å²) in [6, 6.07) is 20.4. The SMILES string of the molecule is CCCCCCC1(CCCCCC)c2ccccc2-c2ccc(-c3cc(O)ccc3O)cc21. The Labute approximate surface area is 199 Å². The molecule has 2 N–H and O–H groups in total. The molecule has 2 heteroatoms. The van der Waals surface area contributed by atoms with Crippen molar-refractivity contribution < 1.29 is 10.2 Å². The van der Waals surface area contributed by atoms with Gasteiger partial charge < -0.3 is 10.2 Å². The average Bonchev–Trinajstić information content (AvgIpc) is 3.11. The lowest BCUT2D eigenvalue weighted by atomic mass is 9.70. The molecule has 0 atom stereocenters. The Kier molecular flexibility index (Phi) is 7.42. The predicted octanol–water partition coefficient (Wildman–Crippen LogP) is 8.97. The number of phenolic OH excluding ortho intramolecular Hbond substituents is 2. The van der Waals surface area contributed by atoms with Gasteiger partial charge in [-0.25, -0.2) is 0 Å². The van der Waals surface area contributed by atoms with Gasteiger partial charge in [0.1, 0.15) is 11.5 Å². The van der Waals surface area contributed by atoms with Gasteiger partial charge in [0.25, 0.3) is 0 Å². The largest absolute Gasteiger partial charge is 0.508 e. The molecule has 0 heterocycles. The van der Waals surface area contributed by atoms with Crippen LogP contribution in [-0.4, -0.2) is 10.2 Å². The maximum Gasteiger partial charge on any atom is 0.123 e. The Balaban J connectivity index is 1.81. The molecule has 0 saturated heterocycles. The van der Waals surface area contributed by atoms with Gasteiger partial charge in [0.05, 0.1) is 0 Å². The monoisotopic (exact) mass is 442 g/mol. The maximum atomic E-state index is 10.5. The highest BCUT2D eigenvalue weighted by Crippen LogP contribution is 2.55. The smallest absolute Gasteiger partial charge is 0.123 e. The minimum atomic E-state index is 0.0237. The van der Waals surface area contributed by atoms with Crippen LogP contribution in [0.15, 0.2) is 60.7 Å². The van der Waals surface area contributed by atoms with Crippen LogP contribution in [0.4, 0.5) is 0 Å². The lowest BCUT2D eigenvalue weighted by Gasteiger charge is -2.33. The van der Waals surface area contributed by atoms with E-state index < -0.39 is 0 Å². The Morgan fingerprint density at radius 1 is 0.606 bits per heavy atom. The minimum absolute atomic E-state index is 0.0237. The molecule has 0 fully saturated rings. The first-order chi connectivity index (χ1) is 16.1. The molecule has 0 radical (unpaired) electrons. The van der Waals surface area contributed by atoms with Crippen LogP contribution < -0.4 is 0 Å². The van der Waals surface area contributed by atoms with Gasteiger partial charge in [0, 0.05) is 11.0 Å². The van der Waals surface area contributed by atoms with Crippen molar-refractivity contribution in [2.45, 2.75) is 83.5 Å². The first-order valence-corrected chi connectivity index (χ1v) is 12.9. The molecule has 0 bridgehead atoms. The van der Waals surface area contributed by atoms with Crippen LogP contribution in [-0.2, 0) is 5.41 Å². The van der Waals surface area contributed by atoms with Crippen LogP contribution >= 0.6 is 0 Å². The van der Waals surface area contributed by atoms with Gasteiger partial charge in [-0.2, -0.15) is 0 Å². The molecular formula is C31H38O2. The number of fused-ring (bicyclic) bond motifs is 3. The molecule has 4 rings (SSSR count). The standard InChI is InChI=1S/C31H38O2/c1-3-5-7-11-19-31(20-12-8-6-4-2)28-14-10-9-13-25(28)26-17-15-23(21-29(26)31)27-22-24(32)16-18-30(27)33/h9-10,13-18,21-22,32-33H,3-8,11-12,19-20H2,1-2H3. The fraction of sp³-hybridized carbons (Fsp3) is 0.419. The van der Waals surface area contributed by atoms with Gasteiger partial charge in [-0.3, -0.25) is 0 Å². The number of unbranched alkanes of at least 4 members (excludes halogenated alkanes) is 6. The zero-order valence-corrected chi connectivity index (χ0v) is 20.2. The number of rotatable bonds is 11. The van der Waals surface area contributed by atoms with Gasteiger partial charge in [-0.05, 0) is 64.9 Å². The molecule has 1 aliphatic rings. The molecule has 0 aliphatic heterocycles. The van der Waals surface area contributed by atoms with Gasteiger partial charge in [-0.15, -0.1) is 0 Å². The summed E-state index contributed by atoms with van der Waals surface area (Å²) < 4.78 is 0. The Morgan fingerprint density at radius 3 is 1.97 bits per heavy atom. The van der Waals surface area contributed by atoms with E-state index in [-0.39, 0.29) is 16.9 Å². The average molecular weight is 443 g/mol. The van der Waals surface area contributed by atoms with E-state index in [1.807, 2.05) is 0 Å². The van der Waals surface area contributed by atoms with Gasteiger partial charge in [-0.1, -0.05) is 102 Å². The maximum absolute atomic E-state index is 10.5. The zero-order chi connectivity index (χ0) is 23.3. The van der Waals surface area contributed by atoms with Crippen molar-refractivity contribution in [2.75, 3.05) is 0 Å². The highest BCUT2D eigenvalue weighted by Gasteiger charge is 2.42. The van der Waals surface area contributed by atoms with Crippen molar-refractivity contribution in [3.05, 3.63) is 71.8 Å². The van der Waals surface area contributed by atoms with Crippen molar-refractivity contribution in [2.24, 2.45) is 0 Å². The number of hydrogen-bond acceptors (Lipinski definition) is 2. The van der Waals surface area contributed by atoms with Gasteiger partial charge in [0.15, 0.2) is 0 Å². The van der Waals surface area contributed by atoms with Crippen LogP contribution in [0.1, 0.15) is 89.2 Å². The number of aromatic hydroxyl groups is 2. The predicted molar refractivity (Wildman–Crippen MR) is 139 cm³/mol. The number of benzene rings is 3. The summed E-state index contributed by atoms with van der Waals surface area (Å²) in [6.07, 6.45) is 12.4. The number of hydrogen-bond donors (Lipinski definition) is 2. The van der Waals surface area contributed by atoms with E-state index in [9.17, 15) is 10.2 Å². The lowest BCUT2D eigenvalue weighted by Crippen LogP contribution is -2.25. The molecule has 3 aromatic carbocycles. The van der Waals surface area contributed by atoms with E-state index >= 15 is 0 Å². The second kappa shape index (κ2) is 10.5. The van der Waals surface area contributed by atoms with Gasteiger partial charge >= 0.3 is 0 Å². The van der Waals surface area contributed by atoms with E-state index in [2.05, 4.69) is 56.3 Å². The molecule has 3 aromatic rings. The van der Waals surface area contributed by atoms with Crippen molar-refractivity contribution in [1.82, 2.24) is 0 Å². The summed E-state index contributed by atoms with van der Waals surface area (Å²) in [5, 5.41) is 20.6. The summed E-state index contributed by atoms with van der Waals surface area (Å²) in [7, 11) is 0. The topological polar surface area (TPSA) is 40.5 Å². The third-order valence-electron chi connectivity index (χ3n) is 7.47. The molecule has 33 heavy (non-hydrogen) atoms. The van der Waals surface area contributed by atoms with E-state index in [1.54, 1.807) is 12.1 Å². The van der Waals surface area contributed by atoms with E-state index in [1.165, 1.54) is 92.5 Å². The normalized spacial score (nSPS) is 13.6. The molecule has 0 saturated carbocycles. The van der Waals surface area contributed by atoms with Crippen molar-refractivity contribution in [3.8, 4) is 33.8 Å². The minimum Gasteiger partial charge on any atom is -0.508 e. The Morgan fingerprint density at radius 2 is 1.27 bits per heavy atom. The first-order valence-electron chi connectivity index (χ1n) is 12.9. The molecule has 2 nitrogen and oxygen atoms in total. The lowest BCUT2D eigenvalue weighted by molar-refractivity contribution is 0.401. The fourth-order valence-electron chi connectivity index (χ4n) is 5.75. The fourth-order valence-corrected chi connectivity index (χ4v) is 5.75. The molecule has 1 aliphatic carbocycles. The van der Waals surface area contributed by atoms with Crippen LogP contribution in [0.2, 0.25) is 0 Å². The van der Waals surface area contributed by atoms with E-state index in [4.69, 9.17) is 0 Å². The van der Waals surface area contributed by atoms with E-state index in [0.717, 1.165) is 5.56 Å². The zero-order valence-electron chi connectivity index (χ0n) is 20.2. The molecule has 0 amide bonds. The van der Waals surface area contributed by atoms with Crippen molar-refractivity contribution in [1.29, 1.82) is 0 Å². The molecule has 174 valence electrons. The Hall–Kier alpha value is -2.74. The van der Waals surface area contributed by atoms with Crippen LogP contribution in [0.3, 0.4) is 0 Å². The van der Waals surface area contributed by atoms with Crippen LogP contribution in [0.5, 0.6) is 11.5 Å². The highest BCUT2D eigenvalue weighted by molar-refractivity contribution is 5.85. The molecule has 0 spiro atoms. The Bertz CT molecular complexity index is 1070. The third-order valence-corrected chi connectivity index (χ3v) is 7.47. The van der Waals surface area contributed by atoms with Crippen LogP contribution in [0.25, 0.3) is 22.3 Å². The summed E-state index contributed by atoms with van der Waals surface area (Å²) in [4.78, 5) is 0. The van der Waals surface area contributed by atoms with E-state index in [0.29, 0.717) is 5.56 Å². The third kappa shape index (κ3) is 4.67. The van der Waals surface area contributed by atoms with Crippen molar-refractivity contribution in [3.63, 3.8) is 0 Å². The highest BCUT2D eigenvalue weighted by atomic mass is 16.3. The summed E-state index contributed by atoms with van der Waals surface area (Å²) in [5.41, 5.74) is 7.27. The molecular weight excluding hydrogens is 404 g/mol. The second-order valence-corrected chi connectivity index (χ2v) is 9.71. The quantitative estimate of drug-likeness (QED) is 0.230. The first kappa shape index (κ1) is 23.4. The summed E-state index contributed by atoms with van der Waals surface area (Å²) in [6.45, 7) is 4.55. The van der Waals surface area contributed by atoms with Crippen molar-refractivity contribution >= 4 is 0 Å². The summed E-state index contributed by atoms with van der Waals surface area (Å²) >= 11 is 0. The molecule has 0 aromatic heterocycles. The van der Waals surface area contributed by atoms with Gasteiger partial charge in [0.2, 0.25) is 0 Å². The molecule has 0 unspecified atom stereocenters. The number of phenols is 2.